The Balaban J connectivity index is 2.18. The predicted molar refractivity (Wildman–Crippen MR) is 72.0 cm³/mol. The summed E-state index contributed by atoms with van der Waals surface area (Å²) in [6.07, 6.45) is 4.22. The quantitative estimate of drug-likeness (QED) is 0.790. The third kappa shape index (κ3) is 2.69. The van der Waals surface area contributed by atoms with Crippen molar-refractivity contribution in [2.75, 3.05) is 12.4 Å². The molecule has 2 heterocycles. The fourth-order valence-electron chi connectivity index (χ4n) is 2.65. The summed E-state index contributed by atoms with van der Waals surface area (Å²) in [5.74, 6) is 0.701. The molecule has 1 amide bonds. The lowest BCUT2D eigenvalue weighted by atomic mass is 9.99. The highest BCUT2D eigenvalue weighted by atomic mass is 35.5. The van der Waals surface area contributed by atoms with Gasteiger partial charge in [0.15, 0.2) is 0 Å². The molecule has 1 unspecified atom stereocenters. The smallest absolute Gasteiger partial charge is 0.272 e. The van der Waals surface area contributed by atoms with Gasteiger partial charge in [0.05, 0.1) is 5.69 Å². The Kier molecular flexibility index (Phi) is 4.27. The molecule has 0 N–H and O–H groups in total. The van der Waals surface area contributed by atoms with Gasteiger partial charge in [0, 0.05) is 25.5 Å². The van der Waals surface area contributed by atoms with E-state index >= 15 is 0 Å². The third-order valence-electron chi connectivity index (χ3n) is 3.55. The van der Waals surface area contributed by atoms with E-state index in [4.69, 9.17) is 11.6 Å². The van der Waals surface area contributed by atoms with E-state index < -0.39 is 0 Å². The second-order valence-corrected chi connectivity index (χ2v) is 5.30. The molecule has 2 rings (SSSR count). The number of nitrogens with zero attached hydrogens (tertiary/aromatic N) is 3. The van der Waals surface area contributed by atoms with E-state index in [0.717, 1.165) is 31.5 Å². The molecule has 0 saturated carbocycles. The van der Waals surface area contributed by atoms with Gasteiger partial charge in [0.1, 0.15) is 5.69 Å². The van der Waals surface area contributed by atoms with Crippen LogP contribution in [-0.2, 0) is 7.05 Å². The maximum absolute atomic E-state index is 12.5. The molecule has 1 aliphatic rings. The average Bonchev–Trinajstić information content (AvgIpc) is 2.69. The summed E-state index contributed by atoms with van der Waals surface area (Å²) >= 11 is 5.83. The van der Waals surface area contributed by atoms with Crippen LogP contribution in [-0.4, -0.2) is 39.1 Å². The maximum atomic E-state index is 12.5. The second-order valence-electron chi connectivity index (χ2n) is 4.92. The molecule has 0 aromatic carbocycles. The highest BCUT2D eigenvalue weighted by Gasteiger charge is 2.28. The zero-order chi connectivity index (χ0) is 13.1. The molecule has 0 bridgehead atoms. The van der Waals surface area contributed by atoms with E-state index in [1.165, 1.54) is 6.42 Å². The standard InChI is InChI=1S/C13H20ClN3O/c1-10-9-12(16(2)15-10)13(18)17-8-4-3-5-11(17)6-7-14/h9,11H,3-8H2,1-2H3. The van der Waals surface area contributed by atoms with Gasteiger partial charge in [-0.25, -0.2) is 0 Å². The molecule has 5 heteroatoms. The molecule has 1 aromatic heterocycles. The Morgan fingerprint density at radius 1 is 1.56 bits per heavy atom. The number of amides is 1. The Morgan fingerprint density at radius 3 is 2.94 bits per heavy atom. The fourth-order valence-corrected chi connectivity index (χ4v) is 2.90. The lowest BCUT2D eigenvalue weighted by Gasteiger charge is -2.35. The third-order valence-corrected chi connectivity index (χ3v) is 3.77. The van der Waals surface area contributed by atoms with Crippen LogP contribution in [0.2, 0.25) is 0 Å². The summed E-state index contributed by atoms with van der Waals surface area (Å²) in [7, 11) is 1.82. The minimum absolute atomic E-state index is 0.0907. The highest BCUT2D eigenvalue weighted by molar-refractivity contribution is 6.17. The molecular weight excluding hydrogens is 250 g/mol. The molecule has 0 radical (unpaired) electrons. The Labute approximate surface area is 113 Å². The molecule has 1 fully saturated rings. The van der Waals surface area contributed by atoms with Gasteiger partial charge < -0.3 is 4.90 Å². The van der Waals surface area contributed by atoms with Crippen LogP contribution < -0.4 is 0 Å². The van der Waals surface area contributed by atoms with Crippen molar-refractivity contribution in [2.45, 2.75) is 38.6 Å². The van der Waals surface area contributed by atoms with Crippen molar-refractivity contribution in [3.8, 4) is 0 Å². The summed E-state index contributed by atoms with van der Waals surface area (Å²) in [4.78, 5) is 14.5. The molecule has 0 aliphatic carbocycles. The number of aryl methyl sites for hydroxylation is 2. The van der Waals surface area contributed by atoms with Crippen molar-refractivity contribution in [2.24, 2.45) is 7.05 Å². The normalized spacial score (nSPS) is 20.2. The van der Waals surface area contributed by atoms with E-state index in [1.807, 2.05) is 24.9 Å². The van der Waals surface area contributed by atoms with Crippen LogP contribution in [0.15, 0.2) is 6.07 Å². The first-order valence-electron chi connectivity index (χ1n) is 6.51. The fraction of sp³-hybridized carbons (Fsp3) is 0.692. The van der Waals surface area contributed by atoms with Crippen LogP contribution in [0.1, 0.15) is 41.9 Å². The first kappa shape index (κ1) is 13.4. The van der Waals surface area contributed by atoms with Crippen molar-refractivity contribution in [3.63, 3.8) is 0 Å². The number of hydrogen-bond acceptors (Lipinski definition) is 2. The summed E-state index contributed by atoms with van der Waals surface area (Å²) in [6, 6.07) is 2.15. The van der Waals surface area contributed by atoms with Crippen LogP contribution in [0.4, 0.5) is 0 Å². The average molecular weight is 270 g/mol. The van der Waals surface area contributed by atoms with Crippen molar-refractivity contribution >= 4 is 17.5 Å². The van der Waals surface area contributed by atoms with Crippen LogP contribution in [0.5, 0.6) is 0 Å². The van der Waals surface area contributed by atoms with Crippen molar-refractivity contribution < 1.29 is 4.79 Å². The SMILES string of the molecule is Cc1cc(C(=O)N2CCCCC2CCCl)n(C)n1. The molecule has 1 saturated heterocycles. The van der Waals surface area contributed by atoms with Crippen LogP contribution in [0.3, 0.4) is 0 Å². The van der Waals surface area contributed by atoms with E-state index in [1.54, 1.807) is 4.68 Å². The minimum atomic E-state index is 0.0907. The van der Waals surface area contributed by atoms with E-state index in [2.05, 4.69) is 5.10 Å². The molecule has 1 aromatic rings. The first-order chi connectivity index (χ1) is 8.63. The van der Waals surface area contributed by atoms with Gasteiger partial charge in [-0.1, -0.05) is 0 Å². The van der Waals surface area contributed by atoms with Crippen LogP contribution in [0.25, 0.3) is 0 Å². The van der Waals surface area contributed by atoms with Gasteiger partial charge in [0.2, 0.25) is 0 Å². The number of likely N-dealkylation sites (tertiary alicyclic amines) is 1. The molecule has 100 valence electrons. The monoisotopic (exact) mass is 269 g/mol. The van der Waals surface area contributed by atoms with E-state index in [0.29, 0.717) is 17.6 Å². The topological polar surface area (TPSA) is 38.1 Å². The van der Waals surface area contributed by atoms with Gasteiger partial charge in [0.25, 0.3) is 5.91 Å². The van der Waals surface area contributed by atoms with E-state index in [9.17, 15) is 4.79 Å². The number of aromatic nitrogens is 2. The molecule has 1 atom stereocenters. The van der Waals surface area contributed by atoms with Crippen molar-refractivity contribution in [1.29, 1.82) is 0 Å². The van der Waals surface area contributed by atoms with E-state index in [-0.39, 0.29) is 5.91 Å². The Bertz CT molecular complexity index is 428. The maximum Gasteiger partial charge on any atom is 0.272 e. The summed E-state index contributed by atoms with van der Waals surface area (Å²) in [5.41, 5.74) is 1.56. The first-order valence-corrected chi connectivity index (χ1v) is 7.04. The summed E-state index contributed by atoms with van der Waals surface area (Å²) in [6.45, 7) is 2.74. The van der Waals surface area contributed by atoms with Gasteiger partial charge >= 0.3 is 0 Å². The van der Waals surface area contributed by atoms with Gasteiger partial charge in [-0.3, -0.25) is 9.48 Å². The molecule has 4 nitrogen and oxygen atoms in total. The largest absolute Gasteiger partial charge is 0.334 e. The Morgan fingerprint density at radius 2 is 2.33 bits per heavy atom. The highest BCUT2D eigenvalue weighted by Crippen LogP contribution is 2.22. The minimum Gasteiger partial charge on any atom is -0.334 e. The molecule has 18 heavy (non-hydrogen) atoms. The van der Waals surface area contributed by atoms with Gasteiger partial charge in [-0.2, -0.15) is 5.10 Å². The number of rotatable bonds is 3. The van der Waals surface area contributed by atoms with Gasteiger partial charge in [-0.15, -0.1) is 11.6 Å². The van der Waals surface area contributed by atoms with Crippen LogP contribution in [0, 0.1) is 6.92 Å². The number of carbonyl (C=O) groups is 1. The summed E-state index contributed by atoms with van der Waals surface area (Å²) < 4.78 is 1.67. The van der Waals surface area contributed by atoms with Crippen LogP contribution >= 0.6 is 11.6 Å². The lowest BCUT2D eigenvalue weighted by molar-refractivity contribution is 0.0598. The number of piperidine rings is 1. The number of halogens is 1. The molecular formula is C13H20ClN3O. The predicted octanol–water partition coefficient (Wildman–Crippen LogP) is 2.35. The number of carbonyl (C=O) groups excluding carboxylic acids is 1. The lowest BCUT2D eigenvalue weighted by Crippen LogP contribution is -2.44. The molecule has 1 aliphatic heterocycles. The number of hydrogen-bond donors (Lipinski definition) is 0. The summed E-state index contributed by atoms with van der Waals surface area (Å²) in [5, 5.41) is 4.24. The van der Waals surface area contributed by atoms with Crippen molar-refractivity contribution in [1.82, 2.24) is 14.7 Å². The van der Waals surface area contributed by atoms with Crippen molar-refractivity contribution in [3.05, 3.63) is 17.5 Å². The van der Waals surface area contributed by atoms with Gasteiger partial charge in [-0.05, 0) is 38.7 Å². The Hall–Kier alpha value is -1.03. The zero-order valence-corrected chi connectivity index (χ0v) is 11.8. The zero-order valence-electron chi connectivity index (χ0n) is 11.0. The molecule has 0 spiro atoms. The second kappa shape index (κ2) is 5.74. The number of alkyl halides is 1.